The molecular weight excluding hydrogens is 168 g/mol. The number of hydrogen-bond donors (Lipinski definition) is 1. The van der Waals surface area contributed by atoms with Crippen molar-refractivity contribution in [1.82, 2.24) is 0 Å². The fraction of sp³-hybridized carbons (Fsp3) is 0.111. The number of primary amides is 1. The van der Waals surface area contributed by atoms with E-state index in [1.807, 2.05) is 6.07 Å². The quantitative estimate of drug-likeness (QED) is 0.719. The van der Waals surface area contributed by atoms with E-state index in [1.54, 1.807) is 0 Å². The summed E-state index contributed by atoms with van der Waals surface area (Å²) in [6.45, 7) is 0. The van der Waals surface area contributed by atoms with Gasteiger partial charge in [0.2, 0.25) is 5.91 Å². The van der Waals surface area contributed by atoms with Crippen LogP contribution in [0.3, 0.4) is 0 Å². The largest absolute Gasteiger partial charge is 0.495 e. The highest BCUT2D eigenvalue weighted by Crippen LogP contribution is 2.18. The second kappa shape index (κ2) is 3.59. The Morgan fingerprint density at radius 2 is 2.31 bits per heavy atom. The van der Waals surface area contributed by atoms with Crippen LogP contribution in [-0.4, -0.2) is 13.0 Å². The summed E-state index contributed by atoms with van der Waals surface area (Å²) >= 11 is 0. The van der Waals surface area contributed by atoms with Gasteiger partial charge in [0.25, 0.3) is 0 Å². The highest BCUT2D eigenvalue weighted by molar-refractivity contribution is 5.93. The van der Waals surface area contributed by atoms with Crippen molar-refractivity contribution in [3.8, 4) is 11.8 Å². The Morgan fingerprint density at radius 3 is 2.77 bits per heavy atom. The minimum Gasteiger partial charge on any atom is -0.495 e. The molecule has 0 heterocycles. The van der Waals surface area contributed by atoms with Gasteiger partial charge in [-0.25, -0.2) is 0 Å². The van der Waals surface area contributed by atoms with Crippen LogP contribution in [0.25, 0.3) is 0 Å². The number of nitrogens with zero attached hydrogens (tertiary/aromatic N) is 1. The molecule has 0 unspecified atom stereocenters. The number of carbonyl (C=O) groups excluding carboxylic acids is 1. The Labute approximate surface area is 75.5 Å². The van der Waals surface area contributed by atoms with Gasteiger partial charge >= 0.3 is 0 Å². The van der Waals surface area contributed by atoms with Crippen LogP contribution < -0.4 is 10.5 Å². The lowest BCUT2D eigenvalue weighted by atomic mass is 10.1. The number of hydrogen-bond acceptors (Lipinski definition) is 3. The monoisotopic (exact) mass is 176 g/mol. The summed E-state index contributed by atoms with van der Waals surface area (Å²) in [7, 11) is 1.43. The Morgan fingerprint density at radius 1 is 1.62 bits per heavy atom. The normalized spacial score (nSPS) is 8.92. The van der Waals surface area contributed by atoms with Gasteiger partial charge in [-0.2, -0.15) is 5.26 Å². The fourth-order valence-corrected chi connectivity index (χ4v) is 0.937. The van der Waals surface area contributed by atoms with Gasteiger partial charge in [0.1, 0.15) is 11.8 Å². The van der Waals surface area contributed by atoms with E-state index >= 15 is 0 Å². The van der Waals surface area contributed by atoms with Gasteiger partial charge in [0.05, 0.1) is 12.7 Å². The predicted molar refractivity (Wildman–Crippen MR) is 46.2 cm³/mol. The molecule has 1 rings (SSSR count). The summed E-state index contributed by atoms with van der Waals surface area (Å²) in [6, 6.07) is 6.37. The second-order valence-corrected chi connectivity index (χ2v) is 2.39. The number of nitriles is 1. The average Bonchev–Trinajstić information content (AvgIpc) is 2.16. The van der Waals surface area contributed by atoms with Gasteiger partial charge in [-0.15, -0.1) is 0 Å². The van der Waals surface area contributed by atoms with E-state index in [2.05, 4.69) is 0 Å². The number of nitrogens with two attached hydrogens (primary N) is 1. The lowest BCUT2D eigenvalue weighted by Gasteiger charge is -2.03. The van der Waals surface area contributed by atoms with E-state index in [-0.39, 0.29) is 0 Å². The molecule has 1 amide bonds. The van der Waals surface area contributed by atoms with Gasteiger partial charge < -0.3 is 10.5 Å². The molecule has 0 aliphatic rings. The molecule has 0 spiro atoms. The van der Waals surface area contributed by atoms with Gasteiger partial charge in [0, 0.05) is 5.56 Å². The molecule has 66 valence electrons. The summed E-state index contributed by atoms with van der Waals surface area (Å²) in [5, 5.41) is 8.63. The van der Waals surface area contributed by atoms with Crippen LogP contribution in [0, 0.1) is 11.3 Å². The molecule has 0 saturated heterocycles. The van der Waals surface area contributed by atoms with Crippen molar-refractivity contribution >= 4 is 5.91 Å². The van der Waals surface area contributed by atoms with E-state index in [9.17, 15) is 4.79 Å². The number of rotatable bonds is 2. The Hall–Kier alpha value is -2.02. The first-order valence-corrected chi connectivity index (χ1v) is 3.57. The molecule has 0 atom stereocenters. The molecule has 0 radical (unpaired) electrons. The highest BCUT2D eigenvalue weighted by atomic mass is 16.5. The molecule has 0 aliphatic heterocycles. The summed E-state index contributed by atoms with van der Waals surface area (Å²) in [5.74, 6) is -0.179. The fourth-order valence-electron chi connectivity index (χ4n) is 0.937. The SMILES string of the molecule is COc1cc(C(N)=O)ccc1C#N. The first-order chi connectivity index (χ1) is 6.19. The third-order valence-corrected chi connectivity index (χ3v) is 1.61. The molecule has 2 N–H and O–H groups in total. The molecule has 4 heteroatoms. The van der Waals surface area contributed by atoms with Crippen LogP contribution >= 0.6 is 0 Å². The Bertz CT molecular complexity index is 380. The Balaban J connectivity index is 3.23. The number of methoxy groups -OCH3 is 1. The van der Waals surface area contributed by atoms with E-state index < -0.39 is 5.91 Å². The van der Waals surface area contributed by atoms with Crippen LogP contribution in [0.5, 0.6) is 5.75 Å². The number of carbonyl (C=O) groups is 1. The van der Waals surface area contributed by atoms with Crippen molar-refractivity contribution in [2.24, 2.45) is 5.73 Å². The first kappa shape index (κ1) is 9.07. The molecular formula is C9H8N2O2. The number of ether oxygens (including phenoxy) is 1. The highest BCUT2D eigenvalue weighted by Gasteiger charge is 2.06. The molecule has 1 aromatic carbocycles. The van der Waals surface area contributed by atoms with Gasteiger partial charge in [-0.3, -0.25) is 4.79 Å². The van der Waals surface area contributed by atoms with E-state index in [1.165, 1.54) is 25.3 Å². The standard InChI is InChI=1S/C9H8N2O2/c1-13-8-4-6(9(11)12)2-3-7(8)5-10/h2-4H,1H3,(H2,11,12). The van der Waals surface area contributed by atoms with Crippen molar-refractivity contribution in [3.05, 3.63) is 29.3 Å². The lowest BCUT2D eigenvalue weighted by molar-refractivity contribution is 0.1000. The van der Waals surface area contributed by atoms with E-state index in [0.717, 1.165) is 0 Å². The predicted octanol–water partition coefficient (Wildman–Crippen LogP) is 0.666. The van der Waals surface area contributed by atoms with Crippen LogP contribution in [0.15, 0.2) is 18.2 Å². The maximum atomic E-state index is 10.8. The third kappa shape index (κ3) is 1.76. The molecule has 0 saturated carbocycles. The maximum Gasteiger partial charge on any atom is 0.248 e. The molecule has 4 nitrogen and oxygen atoms in total. The van der Waals surface area contributed by atoms with Crippen molar-refractivity contribution < 1.29 is 9.53 Å². The average molecular weight is 176 g/mol. The van der Waals surface area contributed by atoms with Crippen LogP contribution in [0.1, 0.15) is 15.9 Å². The molecule has 0 fully saturated rings. The number of benzene rings is 1. The van der Waals surface area contributed by atoms with Gasteiger partial charge in [-0.1, -0.05) is 0 Å². The van der Waals surface area contributed by atoms with E-state index in [4.69, 9.17) is 15.7 Å². The van der Waals surface area contributed by atoms with Crippen LogP contribution in [0.4, 0.5) is 0 Å². The first-order valence-electron chi connectivity index (χ1n) is 3.57. The smallest absolute Gasteiger partial charge is 0.248 e. The van der Waals surface area contributed by atoms with Crippen molar-refractivity contribution in [3.63, 3.8) is 0 Å². The molecule has 1 aromatic rings. The maximum absolute atomic E-state index is 10.8. The molecule has 0 bridgehead atoms. The van der Waals surface area contributed by atoms with Gasteiger partial charge in [-0.05, 0) is 18.2 Å². The summed E-state index contributed by atoms with van der Waals surface area (Å²) < 4.78 is 4.90. The summed E-state index contributed by atoms with van der Waals surface area (Å²) in [5.41, 5.74) is 5.76. The van der Waals surface area contributed by atoms with Crippen molar-refractivity contribution in [1.29, 1.82) is 5.26 Å². The zero-order valence-corrected chi connectivity index (χ0v) is 7.07. The van der Waals surface area contributed by atoms with Crippen LogP contribution in [-0.2, 0) is 0 Å². The lowest BCUT2D eigenvalue weighted by Crippen LogP contribution is -2.10. The van der Waals surface area contributed by atoms with Crippen molar-refractivity contribution in [2.45, 2.75) is 0 Å². The summed E-state index contributed by atoms with van der Waals surface area (Å²) in [6.07, 6.45) is 0. The Kier molecular flexibility index (Phi) is 2.50. The topological polar surface area (TPSA) is 76.1 Å². The van der Waals surface area contributed by atoms with Crippen molar-refractivity contribution in [2.75, 3.05) is 7.11 Å². The van der Waals surface area contributed by atoms with Crippen LogP contribution in [0.2, 0.25) is 0 Å². The van der Waals surface area contributed by atoms with Gasteiger partial charge in [0.15, 0.2) is 0 Å². The summed E-state index contributed by atoms with van der Waals surface area (Å²) in [4.78, 5) is 10.8. The molecule has 0 aliphatic carbocycles. The second-order valence-electron chi connectivity index (χ2n) is 2.39. The molecule has 13 heavy (non-hydrogen) atoms. The van der Waals surface area contributed by atoms with E-state index in [0.29, 0.717) is 16.9 Å². The third-order valence-electron chi connectivity index (χ3n) is 1.61. The molecule has 0 aromatic heterocycles. The zero-order valence-electron chi connectivity index (χ0n) is 7.07. The zero-order chi connectivity index (χ0) is 9.84. The number of amides is 1. The minimum atomic E-state index is -0.539. The minimum absolute atomic E-state index is 0.329.